The van der Waals surface area contributed by atoms with E-state index in [9.17, 15) is 9.59 Å². The van der Waals surface area contributed by atoms with Crippen molar-refractivity contribution in [1.82, 2.24) is 0 Å². The van der Waals surface area contributed by atoms with Gasteiger partial charge >= 0.3 is 12.3 Å². The van der Waals surface area contributed by atoms with E-state index >= 15 is 0 Å². The maximum atomic E-state index is 12.6. The van der Waals surface area contributed by atoms with Gasteiger partial charge in [-0.2, -0.15) is 0 Å². The van der Waals surface area contributed by atoms with Crippen LogP contribution in [-0.4, -0.2) is 31.1 Å². The maximum Gasteiger partial charge on any atom is 0.514 e. The van der Waals surface area contributed by atoms with Crippen LogP contribution in [0.25, 0.3) is 10.8 Å². The van der Waals surface area contributed by atoms with E-state index < -0.39 is 12.3 Å². The quantitative estimate of drug-likeness (QED) is 0.310. The lowest BCUT2D eigenvalue weighted by molar-refractivity contribution is 0.0398. The largest absolute Gasteiger partial charge is 0.514 e. The Morgan fingerprint density at radius 2 is 1.32 bits per heavy atom. The van der Waals surface area contributed by atoms with Crippen molar-refractivity contribution in [3.8, 4) is 17.2 Å². The SMILES string of the molecule is CCCOc1cc(OC(=O)OC2CCCCC2)c2ccccc2c1OC(=O)OC1CCCCC1. The van der Waals surface area contributed by atoms with Crippen molar-refractivity contribution in [2.24, 2.45) is 0 Å². The predicted octanol–water partition coefficient (Wildman–Crippen LogP) is 7.32. The molecule has 7 heteroatoms. The van der Waals surface area contributed by atoms with Crippen LogP contribution in [0.3, 0.4) is 0 Å². The van der Waals surface area contributed by atoms with E-state index in [1.807, 2.05) is 25.1 Å². The van der Waals surface area contributed by atoms with Crippen LogP contribution < -0.4 is 14.2 Å². The number of hydrogen-bond donors (Lipinski definition) is 0. The number of carbonyl (C=O) groups excluding carboxylic acids is 2. The summed E-state index contributed by atoms with van der Waals surface area (Å²) in [6, 6.07) is 8.86. The van der Waals surface area contributed by atoms with Crippen molar-refractivity contribution >= 4 is 23.1 Å². The van der Waals surface area contributed by atoms with Crippen LogP contribution in [-0.2, 0) is 9.47 Å². The molecule has 7 nitrogen and oxygen atoms in total. The molecular weight excluding hydrogens is 436 g/mol. The van der Waals surface area contributed by atoms with E-state index in [-0.39, 0.29) is 18.0 Å². The number of carbonyl (C=O) groups is 2. The van der Waals surface area contributed by atoms with Crippen molar-refractivity contribution in [1.29, 1.82) is 0 Å². The zero-order chi connectivity index (χ0) is 23.8. The van der Waals surface area contributed by atoms with Crippen molar-refractivity contribution in [2.75, 3.05) is 6.61 Å². The van der Waals surface area contributed by atoms with E-state index in [2.05, 4.69) is 0 Å². The third kappa shape index (κ3) is 6.33. The summed E-state index contributed by atoms with van der Waals surface area (Å²) in [5.41, 5.74) is 0. The average molecular weight is 471 g/mol. The van der Waals surface area contributed by atoms with E-state index in [0.29, 0.717) is 28.9 Å². The molecule has 0 N–H and O–H groups in total. The first-order chi connectivity index (χ1) is 16.6. The van der Waals surface area contributed by atoms with Crippen molar-refractivity contribution in [2.45, 2.75) is 89.8 Å². The van der Waals surface area contributed by atoms with Gasteiger partial charge in [-0.1, -0.05) is 44.0 Å². The summed E-state index contributed by atoms with van der Waals surface area (Å²) in [7, 11) is 0. The lowest BCUT2D eigenvalue weighted by Crippen LogP contribution is -2.23. The molecule has 4 rings (SSSR count). The van der Waals surface area contributed by atoms with E-state index in [1.54, 1.807) is 12.1 Å². The molecule has 184 valence electrons. The standard InChI is InChI=1S/C27H34O7/c1-2-17-30-24-18-23(33-26(28)31-19-11-5-3-6-12-19)21-15-9-10-16-22(21)25(24)34-27(29)32-20-13-7-4-8-14-20/h9-10,15-16,18-20H,2-8,11-14,17H2,1H3. The predicted molar refractivity (Wildman–Crippen MR) is 128 cm³/mol. The molecule has 2 aliphatic carbocycles. The Kier molecular flexibility index (Phi) is 8.50. The van der Waals surface area contributed by atoms with Crippen LogP contribution in [0, 0.1) is 0 Å². The molecule has 0 unspecified atom stereocenters. The van der Waals surface area contributed by atoms with Gasteiger partial charge in [0.2, 0.25) is 0 Å². The average Bonchev–Trinajstić information content (AvgIpc) is 2.85. The number of rotatable bonds is 7. The molecule has 0 saturated heterocycles. The minimum atomic E-state index is -0.747. The highest BCUT2D eigenvalue weighted by molar-refractivity contribution is 5.97. The highest BCUT2D eigenvalue weighted by atomic mass is 16.7. The second-order valence-electron chi connectivity index (χ2n) is 9.06. The number of fused-ring (bicyclic) bond motifs is 1. The molecule has 2 aromatic rings. The number of hydrogen-bond acceptors (Lipinski definition) is 7. The first-order valence-electron chi connectivity index (χ1n) is 12.6. The van der Waals surface area contributed by atoms with Crippen molar-refractivity contribution < 1.29 is 33.3 Å². The Bertz CT molecular complexity index is 974. The van der Waals surface area contributed by atoms with Crippen LogP contribution in [0.5, 0.6) is 17.2 Å². The summed E-state index contributed by atoms with van der Waals surface area (Å²) >= 11 is 0. The van der Waals surface area contributed by atoms with Crippen LogP contribution in [0.1, 0.15) is 77.6 Å². The highest BCUT2D eigenvalue weighted by Crippen LogP contribution is 2.42. The summed E-state index contributed by atoms with van der Waals surface area (Å²) in [6.45, 7) is 2.40. The van der Waals surface area contributed by atoms with Gasteiger partial charge in [-0.25, -0.2) is 9.59 Å². The molecule has 0 radical (unpaired) electrons. The fraction of sp³-hybridized carbons (Fsp3) is 0.556. The molecule has 0 heterocycles. The zero-order valence-electron chi connectivity index (χ0n) is 19.9. The summed E-state index contributed by atoms with van der Waals surface area (Å²) in [4.78, 5) is 25.2. The van der Waals surface area contributed by atoms with E-state index in [0.717, 1.165) is 57.8 Å². The fourth-order valence-corrected chi connectivity index (χ4v) is 4.66. The lowest BCUT2D eigenvalue weighted by atomic mass is 9.98. The monoisotopic (exact) mass is 470 g/mol. The Labute approximate surface area is 200 Å². The Morgan fingerprint density at radius 1 is 0.765 bits per heavy atom. The molecule has 2 fully saturated rings. The molecule has 0 aromatic heterocycles. The minimum absolute atomic E-state index is 0.111. The molecule has 0 amide bonds. The molecule has 0 aliphatic heterocycles. The molecule has 34 heavy (non-hydrogen) atoms. The van der Waals surface area contributed by atoms with Gasteiger partial charge in [0.1, 0.15) is 18.0 Å². The van der Waals surface area contributed by atoms with Gasteiger partial charge in [-0.15, -0.1) is 0 Å². The smallest absolute Gasteiger partial charge is 0.490 e. The summed E-state index contributed by atoms with van der Waals surface area (Å²) < 4.78 is 28.3. The van der Waals surface area contributed by atoms with Crippen LogP contribution in [0.4, 0.5) is 9.59 Å². The van der Waals surface area contributed by atoms with E-state index in [4.69, 9.17) is 23.7 Å². The van der Waals surface area contributed by atoms with Crippen LogP contribution in [0.15, 0.2) is 30.3 Å². The molecule has 2 saturated carbocycles. The first-order valence-corrected chi connectivity index (χ1v) is 12.6. The third-order valence-electron chi connectivity index (χ3n) is 6.39. The minimum Gasteiger partial charge on any atom is -0.490 e. The third-order valence-corrected chi connectivity index (χ3v) is 6.39. The highest BCUT2D eigenvalue weighted by Gasteiger charge is 2.25. The van der Waals surface area contributed by atoms with Gasteiger partial charge in [0.15, 0.2) is 11.5 Å². The van der Waals surface area contributed by atoms with E-state index in [1.165, 1.54) is 12.8 Å². The lowest BCUT2D eigenvalue weighted by Gasteiger charge is -2.23. The molecule has 0 bridgehead atoms. The van der Waals surface area contributed by atoms with Gasteiger partial charge in [0.05, 0.1) is 6.61 Å². The summed E-state index contributed by atoms with van der Waals surface area (Å²) in [5.74, 6) is 0.884. The van der Waals surface area contributed by atoms with Crippen LogP contribution in [0.2, 0.25) is 0 Å². The Morgan fingerprint density at radius 3 is 1.91 bits per heavy atom. The van der Waals surface area contributed by atoms with Gasteiger partial charge < -0.3 is 23.7 Å². The molecule has 0 atom stereocenters. The van der Waals surface area contributed by atoms with Gasteiger partial charge in [-0.05, 0) is 57.8 Å². The van der Waals surface area contributed by atoms with Gasteiger partial charge in [-0.3, -0.25) is 0 Å². The summed E-state index contributed by atoms with van der Waals surface area (Å²) in [6.07, 6.45) is 9.02. The van der Waals surface area contributed by atoms with Gasteiger partial charge in [0.25, 0.3) is 0 Å². The van der Waals surface area contributed by atoms with Crippen LogP contribution >= 0.6 is 0 Å². The van der Waals surface area contributed by atoms with Crippen molar-refractivity contribution in [3.05, 3.63) is 30.3 Å². The first kappa shape index (κ1) is 24.2. The maximum absolute atomic E-state index is 12.6. The van der Waals surface area contributed by atoms with Crippen molar-refractivity contribution in [3.63, 3.8) is 0 Å². The normalized spacial score (nSPS) is 17.2. The Hall–Kier alpha value is -2.96. The van der Waals surface area contributed by atoms with Gasteiger partial charge in [0, 0.05) is 16.8 Å². The zero-order valence-corrected chi connectivity index (χ0v) is 19.9. The Balaban J connectivity index is 1.57. The molecular formula is C27H34O7. The number of ether oxygens (including phenoxy) is 5. The molecule has 2 aliphatic rings. The second-order valence-corrected chi connectivity index (χ2v) is 9.06. The topological polar surface area (TPSA) is 80.3 Å². The molecule has 2 aromatic carbocycles. The number of benzene rings is 2. The fourth-order valence-electron chi connectivity index (χ4n) is 4.66. The molecule has 0 spiro atoms. The second kappa shape index (κ2) is 12.0. The summed E-state index contributed by atoms with van der Waals surface area (Å²) in [5, 5.41) is 1.21.